The second-order valence-corrected chi connectivity index (χ2v) is 5.02. The number of hydrogen-bond acceptors (Lipinski definition) is 4. The lowest BCUT2D eigenvalue weighted by Crippen LogP contribution is -2.36. The van der Waals surface area contributed by atoms with Crippen LogP contribution in [0.1, 0.15) is 44.0 Å². The molecule has 1 aliphatic rings. The van der Waals surface area contributed by atoms with Crippen molar-refractivity contribution >= 4 is 0 Å². The highest BCUT2D eigenvalue weighted by Gasteiger charge is 2.39. The van der Waals surface area contributed by atoms with Crippen LogP contribution < -0.4 is 5.73 Å². The minimum absolute atomic E-state index is 0.287. The van der Waals surface area contributed by atoms with Crippen molar-refractivity contribution in [2.75, 3.05) is 7.11 Å². The van der Waals surface area contributed by atoms with Crippen LogP contribution in [0.5, 0.6) is 0 Å². The van der Waals surface area contributed by atoms with Crippen LogP contribution >= 0.6 is 0 Å². The fraction of sp³-hybridized carbons (Fsp3) is 0.692. The number of methoxy groups -OCH3 is 1. The van der Waals surface area contributed by atoms with E-state index in [-0.39, 0.29) is 5.60 Å². The van der Waals surface area contributed by atoms with E-state index < -0.39 is 0 Å². The summed E-state index contributed by atoms with van der Waals surface area (Å²) in [4.78, 5) is 8.87. The van der Waals surface area contributed by atoms with E-state index in [1.54, 1.807) is 7.11 Å². The summed E-state index contributed by atoms with van der Waals surface area (Å²) in [6.07, 6.45) is 8.08. The van der Waals surface area contributed by atoms with Crippen molar-refractivity contribution in [1.82, 2.24) is 9.97 Å². The first kappa shape index (κ1) is 12.5. The number of hydrogen-bond donors (Lipinski definition) is 1. The van der Waals surface area contributed by atoms with Crippen molar-refractivity contribution in [3.8, 4) is 0 Å². The Kier molecular flexibility index (Phi) is 3.74. The summed E-state index contributed by atoms with van der Waals surface area (Å²) in [6, 6.07) is 0. The van der Waals surface area contributed by atoms with E-state index in [2.05, 4.69) is 16.9 Å². The Morgan fingerprint density at radius 1 is 1.47 bits per heavy atom. The zero-order valence-electron chi connectivity index (χ0n) is 10.6. The van der Waals surface area contributed by atoms with Crippen molar-refractivity contribution in [3.63, 3.8) is 0 Å². The molecule has 94 valence electrons. The number of rotatable bonds is 3. The van der Waals surface area contributed by atoms with Crippen molar-refractivity contribution in [1.29, 1.82) is 0 Å². The molecule has 1 aromatic heterocycles. The van der Waals surface area contributed by atoms with Crippen molar-refractivity contribution in [3.05, 3.63) is 23.8 Å². The maximum absolute atomic E-state index is 5.75. The molecule has 2 rings (SSSR count). The van der Waals surface area contributed by atoms with Gasteiger partial charge in [-0.25, -0.2) is 9.97 Å². The Morgan fingerprint density at radius 2 is 2.18 bits per heavy atom. The van der Waals surface area contributed by atoms with Gasteiger partial charge in [-0.3, -0.25) is 0 Å². The van der Waals surface area contributed by atoms with E-state index >= 15 is 0 Å². The molecule has 2 N–H and O–H groups in total. The summed E-state index contributed by atoms with van der Waals surface area (Å²) in [5, 5.41) is 0. The van der Waals surface area contributed by atoms with Gasteiger partial charge in [0, 0.05) is 31.6 Å². The van der Waals surface area contributed by atoms with Crippen molar-refractivity contribution < 1.29 is 4.74 Å². The highest BCUT2D eigenvalue weighted by atomic mass is 16.5. The number of aromatic nitrogens is 2. The Bertz CT molecular complexity index is 365. The predicted molar refractivity (Wildman–Crippen MR) is 66.2 cm³/mol. The number of ether oxygens (including phenoxy) is 1. The quantitative estimate of drug-likeness (QED) is 0.870. The van der Waals surface area contributed by atoms with Gasteiger partial charge in [0.05, 0.1) is 0 Å². The molecule has 0 saturated heterocycles. The largest absolute Gasteiger partial charge is 0.370 e. The Morgan fingerprint density at radius 3 is 2.71 bits per heavy atom. The molecule has 1 heterocycles. The molecule has 4 heteroatoms. The van der Waals surface area contributed by atoms with Gasteiger partial charge in [-0.15, -0.1) is 0 Å². The monoisotopic (exact) mass is 235 g/mol. The van der Waals surface area contributed by atoms with Gasteiger partial charge in [0.15, 0.2) is 5.82 Å². The van der Waals surface area contributed by atoms with Gasteiger partial charge in [0.2, 0.25) is 0 Å². The molecule has 0 bridgehead atoms. The van der Waals surface area contributed by atoms with Gasteiger partial charge in [-0.2, -0.15) is 0 Å². The molecule has 2 unspecified atom stereocenters. The Balaban J connectivity index is 2.26. The van der Waals surface area contributed by atoms with E-state index in [4.69, 9.17) is 10.5 Å². The third kappa shape index (κ3) is 2.48. The van der Waals surface area contributed by atoms with Crippen LogP contribution in [-0.2, 0) is 16.9 Å². The molecule has 17 heavy (non-hydrogen) atoms. The molecule has 1 saturated carbocycles. The molecular weight excluding hydrogens is 214 g/mol. The summed E-state index contributed by atoms with van der Waals surface area (Å²) in [7, 11) is 1.76. The molecule has 0 amide bonds. The summed E-state index contributed by atoms with van der Waals surface area (Å²) >= 11 is 0. The van der Waals surface area contributed by atoms with Crippen LogP contribution in [0, 0.1) is 5.92 Å². The van der Waals surface area contributed by atoms with Crippen LogP contribution in [0.4, 0.5) is 0 Å². The van der Waals surface area contributed by atoms with Crippen LogP contribution in [0.2, 0.25) is 0 Å². The standard InChI is InChI=1S/C13H21N3O/c1-10-4-3-5-13(6-10,17-2)12-15-8-11(7-14)9-16-12/h8-10H,3-7,14H2,1-2H3. The van der Waals surface area contributed by atoms with Gasteiger partial charge in [-0.05, 0) is 25.2 Å². The molecule has 4 nitrogen and oxygen atoms in total. The second kappa shape index (κ2) is 5.10. The van der Waals surface area contributed by atoms with Crippen molar-refractivity contribution in [2.24, 2.45) is 11.7 Å². The van der Waals surface area contributed by atoms with Gasteiger partial charge < -0.3 is 10.5 Å². The van der Waals surface area contributed by atoms with Crippen LogP contribution in [0.25, 0.3) is 0 Å². The average Bonchev–Trinajstić information content (AvgIpc) is 2.38. The lowest BCUT2D eigenvalue weighted by atomic mass is 9.78. The zero-order valence-corrected chi connectivity index (χ0v) is 10.6. The summed E-state index contributed by atoms with van der Waals surface area (Å²) in [6.45, 7) is 2.75. The maximum Gasteiger partial charge on any atom is 0.160 e. The highest BCUT2D eigenvalue weighted by molar-refractivity contribution is 5.10. The van der Waals surface area contributed by atoms with Crippen LogP contribution in [0.15, 0.2) is 12.4 Å². The van der Waals surface area contributed by atoms with E-state index in [0.717, 1.165) is 24.2 Å². The topological polar surface area (TPSA) is 61.0 Å². The van der Waals surface area contributed by atoms with Crippen LogP contribution in [0.3, 0.4) is 0 Å². The minimum Gasteiger partial charge on any atom is -0.370 e. The van der Waals surface area contributed by atoms with E-state index in [0.29, 0.717) is 12.5 Å². The lowest BCUT2D eigenvalue weighted by molar-refractivity contribution is -0.0646. The molecule has 1 aromatic rings. The van der Waals surface area contributed by atoms with Gasteiger partial charge in [0.1, 0.15) is 5.60 Å². The molecule has 1 fully saturated rings. The highest BCUT2D eigenvalue weighted by Crippen LogP contribution is 2.40. The summed E-state index contributed by atoms with van der Waals surface area (Å²) in [5.41, 5.74) is 6.23. The lowest BCUT2D eigenvalue weighted by Gasteiger charge is -2.37. The average molecular weight is 235 g/mol. The smallest absolute Gasteiger partial charge is 0.160 e. The number of nitrogens with zero attached hydrogens (tertiary/aromatic N) is 2. The van der Waals surface area contributed by atoms with Gasteiger partial charge in [0.25, 0.3) is 0 Å². The van der Waals surface area contributed by atoms with Gasteiger partial charge in [-0.1, -0.05) is 13.3 Å². The second-order valence-electron chi connectivity index (χ2n) is 5.02. The van der Waals surface area contributed by atoms with E-state index in [1.165, 1.54) is 12.8 Å². The zero-order chi connectivity index (χ0) is 12.3. The first-order chi connectivity index (χ1) is 8.20. The molecule has 0 aliphatic heterocycles. The first-order valence-electron chi connectivity index (χ1n) is 6.27. The summed E-state index contributed by atoms with van der Waals surface area (Å²) in [5.74, 6) is 1.48. The molecular formula is C13H21N3O. The maximum atomic E-state index is 5.75. The fourth-order valence-corrected chi connectivity index (χ4v) is 2.68. The van der Waals surface area contributed by atoms with Gasteiger partial charge >= 0.3 is 0 Å². The third-order valence-electron chi connectivity index (χ3n) is 3.70. The minimum atomic E-state index is -0.287. The third-order valence-corrected chi connectivity index (χ3v) is 3.70. The first-order valence-corrected chi connectivity index (χ1v) is 6.27. The summed E-state index contributed by atoms with van der Waals surface area (Å²) < 4.78 is 5.75. The van der Waals surface area contributed by atoms with E-state index in [9.17, 15) is 0 Å². The van der Waals surface area contributed by atoms with Crippen molar-refractivity contribution in [2.45, 2.75) is 44.8 Å². The number of nitrogens with two attached hydrogens (primary N) is 1. The normalized spacial score (nSPS) is 29.2. The Labute approximate surface area is 103 Å². The molecule has 0 spiro atoms. The molecule has 0 aromatic carbocycles. The fourth-order valence-electron chi connectivity index (χ4n) is 2.68. The molecule has 0 radical (unpaired) electrons. The SMILES string of the molecule is COC1(c2ncc(CN)cn2)CCCC(C)C1. The van der Waals surface area contributed by atoms with Crippen LogP contribution in [-0.4, -0.2) is 17.1 Å². The Hall–Kier alpha value is -1.00. The molecule has 2 atom stereocenters. The van der Waals surface area contributed by atoms with E-state index in [1.807, 2.05) is 12.4 Å². The predicted octanol–water partition coefficient (Wildman–Crippen LogP) is 1.99. The molecule has 1 aliphatic carbocycles.